The summed E-state index contributed by atoms with van der Waals surface area (Å²) in [6, 6.07) is 4.94. The summed E-state index contributed by atoms with van der Waals surface area (Å²) < 4.78 is 15.4. The summed E-state index contributed by atoms with van der Waals surface area (Å²) in [5.74, 6) is 1.20. The highest BCUT2D eigenvalue weighted by atomic mass is 16.5. The average Bonchev–Trinajstić information content (AvgIpc) is 3.03. The quantitative estimate of drug-likeness (QED) is 0.809. The molecule has 6 heteroatoms. The summed E-state index contributed by atoms with van der Waals surface area (Å²) in [5.41, 5.74) is 0.363. The first kappa shape index (κ1) is 14.9. The molecule has 0 spiro atoms. The summed E-state index contributed by atoms with van der Waals surface area (Å²) in [4.78, 5) is 25.1. The minimum Gasteiger partial charge on any atom is -0.465 e. The molecule has 0 aliphatic carbocycles. The van der Waals surface area contributed by atoms with E-state index in [0.29, 0.717) is 22.8 Å². The maximum Gasteiger partial charge on any atom is 0.341 e. The Kier molecular flexibility index (Phi) is 4.16. The lowest BCUT2D eigenvalue weighted by Gasteiger charge is -2.13. The Morgan fingerprint density at radius 3 is 2.52 bits per heavy atom. The van der Waals surface area contributed by atoms with Crippen molar-refractivity contribution in [2.75, 3.05) is 14.2 Å². The molecule has 0 radical (unpaired) electrons. The van der Waals surface area contributed by atoms with Gasteiger partial charge in [-0.05, 0) is 32.0 Å². The van der Waals surface area contributed by atoms with Crippen molar-refractivity contribution in [1.82, 2.24) is 4.90 Å². The molecule has 0 atom stereocenters. The fourth-order valence-electron chi connectivity index (χ4n) is 1.98. The van der Waals surface area contributed by atoms with Gasteiger partial charge < -0.3 is 18.5 Å². The summed E-state index contributed by atoms with van der Waals surface area (Å²) in [6.45, 7) is 3.68. The van der Waals surface area contributed by atoms with Gasteiger partial charge in [-0.25, -0.2) is 4.79 Å². The smallest absolute Gasteiger partial charge is 0.341 e. The maximum atomic E-state index is 12.1. The highest BCUT2D eigenvalue weighted by molar-refractivity contribution is 5.92. The molecule has 0 N–H and O–H groups in total. The number of rotatable bonds is 4. The summed E-state index contributed by atoms with van der Waals surface area (Å²) in [5, 5.41) is 0. The molecule has 2 aromatic heterocycles. The number of nitrogens with zero attached hydrogens (tertiary/aromatic N) is 1. The summed E-state index contributed by atoms with van der Waals surface area (Å²) >= 11 is 0. The van der Waals surface area contributed by atoms with Crippen molar-refractivity contribution in [2.45, 2.75) is 20.4 Å². The predicted octanol–water partition coefficient (Wildman–Crippen LogP) is 2.55. The van der Waals surface area contributed by atoms with Crippen LogP contribution in [0, 0.1) is 13.8 Å². The average molecular weight is 291 g/mol. The zero-order chi connectivity index (χ0) is 15.6. The molecular weight excluding hydrogens is 274 g/mol. The van der Waals surface area contributed by atoms with Crippen LogP contribution in [0.25, 0.3) is 0 Å². The summed E-state index contributed by atoms with van der Waals surface area (Å²) in [6.07, 6.45) is 0. The molecule has 0 fully saturated rings. The lowest BCUT2D eigenvalue weighted by molar-refractivity contribution is 0.0598. The fraction of sp³-hybridized carbons (Fsp3) is 0.333. The third-order valence-corrected chi connectivity index (χ3v) is 3.06. The SMILES string of the molecule is COC(=O)c1cc(CN(C)C(=O)c2ccc(C)o2)oc1C. The van der Waals surface area contributed by atoms with Gasteiger partial charge in [0.2, 0.25) is 0 Å². The van der Waals surface area contributed by atoms with Crippen molar-refractivity contribution < 1.29 is 23.2 Å². The van der Waals surface area contributed by atoms with Crippen LogP contribution in [-0.2, 0) is 11.3 Å². The van der Waals surface area contributed by atoms with E-state index in [4.69, 9.17) is 8.83 Å². The van der Waals surface area contributed by atoms with Crippen molar-refractivity contribution in [3.05, 3.63) is 46.8 Å². The van der Waals surface area contributed by atoms with Crippen LogP contribution in [0.2, 0.25) is 0 Å². The Labute approximate surface area is 122 Å². The molecule has 21 heavy (non-hydrogen) atoms. The Hall–Kier alpha value is -2.50. The van der Waals surface area contributed by atoms with Gasteiger partial charge >= 0.3 is 5.97 Å². The molecular formula is C15H17NO5. The first-order chi connectivity index (χ1) is 9.92. The molecule has 2 aromatic rings. The second-order valence-corrected chi connectivity index (χ2v) is 4.75. The van der Waals surface area contributed by atoms with Crippen LogP contribution in [0.15, 0.2) is 27.0 Å². The number of hydrogen-bond donors (Lipinski definition) is 0. The number of furan rings is 2. The monoisotopic (exact) mass is 291 g/mol. The first-order valence-corrected chi connectivity index (χ1v) is 6.42. The molecule has 0 aliphatic heterocycles. The minimum atomic E-state index is -0.460. The van der Waals surface area contributed by atoms with Crippen molar-refractivity contribution in [3.8, 4) is 0 Å². The Balaban J connectivity index is 2.11. The van der Waals surface area contributed by atoms with Gasteiger partial charge in [-0.2, -0.15) is 0 Å². The number of carbonyl (C=O) groups is 2. The van der Waals surface area contributed by atoms with Crippen molar-refractivity contribution >= 4 is 11.9 Å². The van der Waals surface area contributed by atoms with E-state index < -0.39 is 5.97 Å². The molecule has 0 saturated heterocycles. The second kappa shape index (κ2) is 5.87. The largest absolute Gasteiger partial charge is 0.465 e. The lowest BCUT2D eigenvalue weighted by atomic mass is 10.2. The van der Waals surface area contributed by atoms with Crippen LogP contribution in [0.3, 0.4) is 0 Å². The second-order valence-electron chi connectivity index (χ2n) is 4.75. The zero-order valence-electron chi connectivity index (χ0n) is 12.4. The molecule has 112 valence electrons. The first-order valence-electron chi connectivity index (χ1n) is 6.42. The molecule has 0 aromatic carbocycles. The van der Waals surface area contributed by atoms with E-state index >= 15 is 0 Å². The number of aryl methyl sites for hydroxylation is 2. The van der Waals surface area contributed by atoms with Gasteiger partial charge in [-0.1, -0.05) is 0 Å². The van der Waals surface area contributed by atoms with Crippen LogP contribution < -0.4 is 0 Å². The molecule has 0 bridgehead atoms. The number of hydrogen-bond acceptors (Lipinski definition) is 5. The summed E-state index contributed by atoms with van der Waals surface area (Å²) in [7, 11) is 2.94. The van der Waals surface area contributed by atoms with E-state index in [1.807, 2.05) is 0 Å². The number of amides is 1. The molecule has 0 unspecified atom stereocenters. The molecule has 6 nitrogen and oxygen atoms in total. The van der Waals surface area contributed by atoms with E-state index in [9.17, 15) is 9.59 Å². The van der Waals surface area contributed by atoms with Crippen molar-refractivity contribution in [2.24, 2.45) is 0 Å². The molecule has 0 saturated carbocycles. The van der Waals surface area contributed by atoms with E-state index in [1.165, 1.54) is 12.0 Å². The topological polar surface area (TPSA) is 72.9 Å². The Morgan fingerprint density at radius 1 is 1.24 bits per heavy atom. The van der Waals surface area contributed by atoms with Gasteiger partial charge in [-0.15, -0.1) is 0 Å². The normalized spacial score (nSPS) is 10.5. The van der Waals surface area contributed by atoms with Crippen LogP contribution in [0.4, 0.5) is 0 Å². The molecule has 0 aliphatic rings. The van der Waals surface area contributed by atoms with Crippen LogP contribution in [0.1, 0.15) is 38.2 Å². The number of esters is 1. The lowest BCUT2D eigenvalue weighted by Crippen LogP contribution is -2.25. The van der Waals surface area contributed by atoms with Gasteiger partial charge in [0.25, 0.3) is 5.91 Å². The van der Waals surface area contributed by atoms with Gasteiger partial charge in [0.05, 0.1) is 13.7 Å². The van der Waals surface area contributed by atoms with E-state index in [2.05, 4.69) is 4.74 Å². The number of methoxy groups -OCH3 is 1. The van der Waals surface area contributed by atoms with Crippen molar-refractivity contribution in [3.63, 3.8) is 0 Å². The van der Waals surface area contributed by atoms with Crippen LogP contribution in [-0.4, -0.2) is 30.9 Å². The molecule has 1 amide bonds. The van der Waals surface area contributed by atoms with Crippen molar-refractivity contribution in [1.29, 1.82) is 0 Å². The van der Waals surface area contributed by atoms with E-state index in [0.717, 1.165) is 0 Å². The highest BCUT2D eigenvalue weighted by Gasteiger charge is 2.20. The molecule has 2 rings (SSSR count). The number of carbonyl (C=O) groups excluding carboxylic acids is 2. The van der Waals surface area contributed by atoms with E-state index in [1.54, 1.807) is 39.1 Å². The maximum absolute atomic E-state index is 12.1. The van der Waals surface area contributed by atoms with Gasteiger partial charge in [0.1, 0.15) is 22.8 Å². The van der Waals surface area contributed by atoms with Crippen LogP contribution >= 0.6 is 0 Å². The third kappa shape index (κ3) is 3.16. The Morgan fingerprint density at radius 2 is 1.95 bits per heavy atom. The Bertz CT molecular complexity index is 667. The van der Waals surface area contributed by atoms with Gasteiger partial charge in [-0.3, -0.25) is 4.79 Å². The third-order valence-electron chi connectivity index (χ3n) is 3.06. The molecule has 2 heterocycles. The minimum absolute atomic E-state index is 0.233. The standard InChI is InChI=1S/C15H17NO5/c1-9-5-6-13(20-9)14(17)16(3)8-11-7-12(10(2)21-11)15(18)19-4/h5-7H,8H2,1-4H3. The fourth-order valence-corrected chi connectivity index (χ4v) is 1.98. The predicted molar refractivity (Wildman–Crippen MR) is 74.0 cm³/mol. The van der Waals surface area contributed by atoms with E-state index in [-0.39, 0.29) is 18.2 Å². The highest BCUT2D eigenvalue weighted by Crippen LogP contribution is 2.18. The van der Waals surface area contributed by atoms with Crippen LogP contribution in [0.5, 0.6) is 0 Å². The van der Waals surface area contributed by atoms with Gasteiger partial charge in [0.15, 0.2) is 5.76 Å². The zero-order valence-corrected chi connectivity index (χ0v) is 12.4. The van der Waals surface area contributed by atoms with Gasteiger partial charge in [0, 0.05) is 7.05 Å². The number of ether oxygens (including phenoxy) is 1.